The number of halogens is 2. The third kappa shape index (κ3) is 2.36. The van der Waals surface area contributed by atoms with Gasteiger partial charge in [0, 0.05) is 22.9 Å². The monoisotopic (exact) mass is 304 g/mol. The molecule has 0 aliphatic carbocycles. The van der Waals surface area contributed by atoms with Crippen LogP contribution in [0, 0.1) is 12.7 Å². The van der Waals surface area contributed by atoms with Crippen molar-refractivity contribution in [1.29, 1.82) is 0 Å². The van der Waals surface area contributed by atoms with Crippen LogP contribution in [0.25, 0.3) is 0 Å². The molecule has 2 N–H and O–H groups in total. The summed E-state index contributed by atoms with van der Waals surface area (Å²) in [5.41, 5.74) is 9.31. The van der Waals surface area contributed by atoms with Gasteiger partial charge >= 0.3 is 0 Å². The highest BCUT2D eigenvalue weighted by atomic mass is 35.5. The molecule has 0 saturated carbocycles. The number of rotatable bonds is 1. The molecule has 0 saturated heterocycles. The normalized spacial score (nSPS) is 13.4. The van der Waals surface area contributed by atoms with Crippen molar-refractivity contribution in [2.75, 3.05) is 17.2 Å². The van der Waals surface area contributed by atoms with E-state index >= 15 is 0 Å². The van der Waals surface area contributed by atoms with Crippen LogP contribution in [0.4, 0.5) is 15.8 Å². The summed E-state index contributed by atoms with van der Waals surface area (Å²) in [6.07, 6.45) is 0.740. The summed E-state index contributed by atoms with van der Waals surface area (Å²) in [6.45, 7) is 2.44. The van der Waals surface area contributed by atoms with Crippen LogP contribution in [0.3, 0.4) is 0 Å². The lowest BCUT2D eigenvalue weighted by atomic mass is 10.1. The van der Waals surface area contributed by atoms with Crippen LogP contribution < -0.4 is 10.6 Å². The fraction of sp³-hybridized carbons (Fsp3) is 0.188. The van der Waals surface area contributed by atoms with Crippen molar-refractivity contribution in [2.45, 2.75) is 13.3 Å². The van der Waals surface area contributed by atoms with Crippen LogP contribution in [-0.2, 0) is 6.42 Å². The van der Waals surface area contributed by atoms with E-state index in [0.717, 1.165) is 23.2 Å². The fourth-order valence-electron chi connectivity index (χ4n) is 2.59. The molecule has 1 amide bonds. The SMILES string of the molecule is Cc1cc2c(cc1N)N(C(=O)c1cc(Cl)ccc1F)CC2. The molecule has 0 radical (unpaired) electrons. The molecule has 5 heteroatoms. The topological polar surface area (TPSA) is 46.3 Å². The van der Waals surface area contributed by atoms with Gasteiger partial charge in [-0.2, -0.15) is 0 Å². The van der Waals surface area contributed by atoms with E-state index in [4.69, 9.17) is 17.3 Å². The van der Waals surface area contributed by atoms with Crippen LogP contribution in [0.2, 0.25) is 5.02 Å². The summed E-state index contributed by atoms with van der Waals surface area (Å²) in [4.78, 5) is 14.1. The number of fused-ring (bicyclic) bond motifs is 1. The predicted octanol–water partition coefficient (Wildman–Crippen LogP) is 3.57. The summed E-state index contributed by atoms with van der Waals surface area (Å²) in [6, 6.07) is 7.74. The molecule has 21 heavy (non-hydrogen) atoms. The Labute approximate surface area is 127 Å². The van der Waals surface area contributed by atoms with E-state index in [1.54, 1.807) is 11.0 Å². The van der Waals surface area contributed by atoms with Gasteiger partial charge in [0.2, 0.25) is 0 Å². The van der Waals surface area contributed by atoms with E-state index in [-0.39, 0.29) is 5.56 Å². The molecule has 3 rings (SSSR count). The van der Waals surface area contributed by atoms with Crippen molar-refractivity contribution in [3.05, 3.63) is 57.9 Å². The van der Waals surface area contributed by atoms with Crippen molar-refractivity contribution in [2.24, 2.45) is 0 Å². The Kier molecular flexibility index (Phi) is 3.33. The van der Waals surface area contributed by atoms with Gasteiger partial charge in [0.1, 0.15) is 5.82 Å². The number of hydrogen-bond acceptors (Lipinski definition) is 2. The zero-order valence-electron chi connectivity index (χ0n) is 11.5. The molecule has 3 nitrogen and oxygen atoms in total. The van der Waals surface area contributed by atoms with E-state index in [1.165, 1.54) is 18.2 Å². The van der Waals surface area contributed by atoms with E-state index in [9.17, 15) is 9.18 Å². The van der Waals surface area contributed by atoms with E-state index in [2.05, 4.69) is 0 Å². The van der Waals surface area contributed by atoms with E-state index in [1.807, 2.05) is 13.0 Å². The van der Waals surface area contributed by atoms with Gasteiger partial charge in [-0.3, -0.25) is 4.79 Å². The Hall–Kier alpha value is -2.07. The summed E-state index contributed by atoms with van der Waals surface area (Å²) in [5, 5.41) is 0.336. The molecule has 108 valence electrons. The van der Waals surface area contributed by atoms with Crippen LogP contribution >= 0.6 is 11.6 Å². The van der Waals surface area contributed by atoms with Gasteiger partial charge in [-0.1, -0.05) is 17.7 Å². The summed E-state index contributed by atoms with van der Waals surface area (Å²) < 4.78 is 13.9. The van der Waals surface area contributed by atoms with Gasteiger partial charge in [-0.05, 0) is 48.7 Å². The average Bonchev–Trinajstić information content (AvgIpc) is 2.84. The van der Waals surface area contributed by atoms with Crippen LogP contribution in [0.15, 0.2) is 30.3 Å². The molecule has 2 aromatic rings. The lowest BCUT2D eigenvalue weighted by Gasteiger charge is -2.18. The summed E-state index contributed by atoms with van der Waals surface area (Å²) in [5.74, 6) is -0.963. The molecule has 0 unspecified atom stereocenters. The quantitative estimate of drug-likeness (QED) is 0.819. The zero-order chi connectivity index (χ0) is 15.1. The molecule has 0 spiro atoms. The van der Waals surface area contributed by atoms with Gasteiger partial charge in [-0.25, -0.2) is 4.39 Å². The number of nitrogens with zero attached hydrogens (tertiary/aromatic N) is 1. The molecule has 1 heterocycles. The van der Waals surface area contributed by atoms with Crippen LogP contribution in [0.1, 0.15) is 21.5 Å². The van der Waals surface area contributed by atoms with Crippen LogP contribution in [0.5, 0.6) is 0 Å². The minimum Gasteiger partial charge on any atom is -0.398 e. The minimum absolute atomic E-state index is 0.0190. The second-order valence-electron chi connectivity index (χ2n) is 5.17. The highest BCUT2D eigenvalue weighted by molar-refractivity contribution is 6.31. The Morgan fingerprint density at radius 1 is 1.33 bits per heavy atom. The third-order valence-electron chi connectivity index (χ3n) is 3.77. The molecule has 2 aromatic carbocycles. The van der Waals surface area contributed by atoms with Gasteiger partial charge in [0.15, 0.2) is 0 Å². The molecule has 0 bridgehead atoms. The van der Waals surface area contributed by atoms with E-state index in [0.29, 0.717) is 17.3 Å². The van der Waals surface area contributed by atoms with Crippen LogP contribution in [-0.4, -0.2) is 12.5 Å². The number of nitrogens with two attached hydrogens (primary N) is 1. The van der Waals surface area contributed by atoms with Crippen molar-refractivity contribution in [1.82, 2.24) is 0 Å². The first-order chi connectivity index (χ1) is 9.97. The number of benzene rings is 2. The Balaban J connectivity index is 2.02. The van der Waals surface area contributed by atoms with Crippen molar-refractivity contribution in [3.63, 3.8) is 0 Å². The smallest absolute Gasteiger partial charge is 0.261 e. The van der Waals surface area contributed by atoms with Gasteiger partial charge < -0.3 is 10.6 Å². The number of anilines is 2. The van der Waals surface area contributed by atoms with Crippen molar-refractivity contribution < 1.29 is 9.18 Å². The number of carbonyl (C=O) groups is 1. The van der Waals surface area contributed by atoms with Gasteiger partial charge in [0.05, 0.1) is 5.56 Å². The van der Waals surface area contributed by atoms with E-state index < -0.39 is 11.7 Å². The van der Waals surface area contributed by atoms with Crippen molar-refractivity contribution >= 4 is 28.9 Å². The maximum atomic E-state index is 13.9. The standard InChI is InChI=1S/C16H14ClFN2O/c1-9-6-10-4-5-20(15(10)8-14(9)19)16(21)12-7-11(17)2-3-13(12)18/h2-3,6-8H,4-5,19H2,1H3. The largest absolute Gasteiger partial charge is 0.398 e. The summed E-state index contributed by atoms with van der Waals surface area (Å²) >= 11 is 5.86. The maximum Gasteiger partial charge on any atom is 0.261 e. The average molecular weight is 305 g/mol. The minimum atomic E-state index is -0.571. The van der Waals surface area contributed by atoms with Crippen molar-refractivity contribution in [3.8, 4) is 0 Å². The Bertz CT molecular complexity index is 745. The first-order valence-electron chi connectivity index (χ1n) is 6.63. The summed E-state index contributed by atoms with van der Waals surface area (Å²) in [7, 11) is 0. The molecular formula is C16H14ClFN2O. The maximum absolute atomic E-state index is 13.9. The number of amides is 1. The first-order valence-corrected chi connectivity index (χ1v) is 7.01. The molecule has 1 aliphatic heterocycles. The Morgan fingerprint density at radius 3 is 2.86 bits per heavy atom. The molecule has 0 fully saturated rings. The number of carbonyl (C=O) groups excluding carboxylic acids is 1. The first kappa shape index (κ1) is 13.9. The highest BCUT2D eigenvalue weighted by Crippen LogP contribution is 2.33. The van der Waals surface area contributed by atoms with Gasteiger partial charge in [0.25, 0.3) is 5.91 Å². The lowest BCUT2D eigenvalue weighted by molar-refractivity contribution is 0.0985. The predicted molar refractivity (Wildman–Crippen MR) is 82.4 cm³/mol. The molecule has 1 aliphatic rings. The molecule has 0 atom stereocenters. The number of nitrogen functional groups attached to an aromatic ring is 1. The third-order valence-corrected chi connectivity index (χ3v) is 4.00. The highest BCUT2D eigenvalue weighted by Gasteiger charge is 2.28. The molecular weight excluding hydrogens is 291 g/mol. The van der Waals surface area contributed by atoms with Gasteiger partial charge in [-0.15, -0.1) is 0 Å². The Morgan fingerprint density at radius 2 is 2.10 bits per heavy atom. The second-order valence-corrected chi connectivity index (χ2v) is 5.60. The number of aryl methyl sites for hydroxylation is 1. The molecule has 0 aromatic heterocycles. The number of hydrogen-bond donors (Lipinski definition) is 1. The second kappa shape index (κ2) is 5.04. The lowest BCUT2D eigenvalue weighted by Crippen LogP contribution is -2.29. The zero-order valence-corrected chi connectivity index (χ0v) is 12.2. The fourth-order valence-corrected chi connectivity index (χ4v) is 2.77.